The topological polar surface area (TPSA) is 0 Å². The van der Waals surface area contributed by atoms with Gasteiger partial charge < -0.3 is 0 Å². The van der Waals surface area contributed by atoms with E-state index in [1.54, 1.807) is 0 Å². The molecule has 0 nitrogen and oxygen atoms in total. The Balaban J connectivity index is 0. The molecule has 0 saturated carbocycles. The zero-order valence-corrected chi connectivity index (χ0v) is 11.7. The maximum absolute atomic E-state index is 2.32. The summed E-state index contributed by atoms with van der Waals surface area (Å²) in [5.41, 5.74) is 0.549. The molecule has 0 aromatic rings. The summed E-state index contributed by atoms with van der Waals surface area (Å²) in [6.07, 6.45) is 6.98. The fourth-order valence-electron chi connectivity index (χ4n) is 1.08. The van der Waals surface area contributed by atoms with Crippen LogP contribution < -0.4 is 0 Å². The van der Waals surface area contributed by atoms with Gasteiger partial charge in [-0.15, -0.1) is 0 Å². The van der Waals surface area contributed by atoms with Crippen molar-refractivity contribution in [3.63, 3.8) is 0 Å². The first-order valence-corrected chi connectivity index (χ1v) is 4.56. The molecule has 0 aliphatic rings. The summed E-state index contributed by atoms with van der Waals surface area (Å²) < 4.78 is 0. The molecule has 1 heteroatoms. The van der Waals surface area contributed by atoms with E-state index in [1.165, 1.54) is 32.1 Å². The summed E-state index contributed by atoms with van der Waals surface area (Å²) >= 11 is 0. The number of hydrogen-bond donors (Lipinski definition) is 0. The molecule has 0 fully saturated rings. The molecule has 0 aromatic heterocycles. The monoisotopic (exact) mass is 284 g/mol. The van der Waals surface area contributed by atoms with Crippen LogP contribution in [0.4, 0.5) is 0 Å². The Morgan fingerprint density at radius 2 is 1.45 bits per heavy atom. The zero-order valence-electron chi connectivity index (χ0n) is 8.54. The summed E-state index contributed by atoms with van der Waals surface area (Å²) in [5.74, 6) is 0. The van der Waals surface area contributed by atoms with Gasteiger partial charge in [0.05, 0.1) is 0 Å². The van der Waals surface area contributed by atoms with Gasteiger partial charge in [-0.1, -0.05) is 53.4 Å². The minimum atomic E-state index is 0. The average molecular weight is 287 g/mol. The van der Waals surface area contributed by atoms with Crippen molar-refractivity contribution < 1.29 is 40.8 Å². The van der Waals surface area contributed by atoms with E-state index in [9.17, 15) is 0 Å². The molecule has 0 heterocycles. The van der Waals surface area contributed by atoms with Crippen molar-refractivity contribution in [2.24, 2.45) is 5.41 Å². The molecule has 0 aromatic carbocycles. The quantitative estimate of drug-likeness (QED) is 0.685. The Morgan fingerprint density at radius 3 is 1.82 bits per heavy atom. The normalized spacial score (nSPS) is 10.9. The standard InChI is InChI=1S/C10H22.Nd/c1-5-6-7-8-9-10(2,3)4;/h5-9H2,1-4H3;. The Morgan fingerprint density at radius 1 is 0.909 bits per heavy atom. The van der Waals surface area contributed by atoms with E-state index >= 15 is 0 Å². The van der Waals surface area contributed by atoms with Crippen molar-refractivity contribution in [2.75, 3.05) is 0 Å². The predicted octanol–water partition coefficient (Wildman–Crippen LogP) is 4.00. The molecule has 0 aliphatic heterocycles. The zero-order chi connectivity index (χ0) is 8.04. The van der Waals surface area contributed by atoms with E-state index in [-0.39, 0.29) is 40.8 Å². The maximum Gasteiger partial charge on any atom is 0 e. The molecule has 0 radical (unpaired) electrons. The predicted molar refractivity (Wildman–Crippen MR) is 48.2 cm³/mol. The van der Waals surface area contributed by atoms with E-state index in [4.69, 9.17) is 0 Å². The smallest absolute Gasteiger partial charge is 0 e. The molecule has 0 N–H and O–H groups in total. The van der Waals surface area contributed by atoms with Crippen LogP contribution in [0.3, 0.4) is 0 Å². The van der Waals surface area contributed by atoms with Crippen LogP contribution in [0.15, 0.2) is 0 Å². The number of unbranched alkanes of at least 4 members (excludes halogenated alkanes) is 3. The largest absolute Gasteiger partial charge is 0.0654 e. The van der Waals surface area contributed by atoms with Crippen LogP contribution in [-0.4, -0.2) is 0 Å². The molecule has 0 rings (SSSR count). The molecule has 0 spiro atoms. The summed E-state index contributed by atoms with van der Waals surface area (Å²) in [5, 5.41) is 0. The minimum absolute atomic E-state index is 0. The Labute approximate surface area is 105 Å². The second kappa shape index (κ2) is 7.97. The first-order chi connectivity index (χ1) is 4.56. The van der Waals surface area contributed by atoms with Gasteiger partial charge in [0.2, 0.25) is 0 Å². The second-order valence-corrected chi connectivity index (χ2v) is 4.37. The van der Waals surface area contributed by atoms with Gasteiger partial charge in [0.1, 0.15) is 0 Å². The van der Waals surface area contributed by atoms with Crippen molar-refractivity contribution in [3.05, 3.63) is 0 Å². The van der Waals surface area contributed by atoms with E-state index in [1.807, 2.05) is 0 Å². The Hall–Kier alpha value is 1.35. The second-order valence-electron chi connectivity index (χ2n) is 4.37. The Kier molecular flexibility index (Phi) is 10.8. The van der Waals surface area contributed by atoms with Crippen LogP contribution in [0, 0.1) is 46.3 Å². The van der Waals surface area contributed by atoms with Gasteiger partial charge in [-0.2, -0.15) is 0 Å². The molecular weight excluding hydrogens is 264 g/mol. The fourth-order valence-corrected chi connectivity index (χ4v) is 1.08. The van der Waals surface area contributed by atoms with E-state index in [2.05, 4.69) is 27.7 Å². The van der Waals surface area contributed by atoms with Gasteiger partial charge in [0, 0.05) is 40.8 Å². The van der Waals surface area contributed by atoms with Crippen LogP contribution in [-0.2, 0) is 0 Å². The number of rotatable bonds is 4. The van der Waals surface area contributed by atoms with Gasteiger partial charge in [0.15, 0.2) is 0 Å². The van der Waals surface area contributed by atoms with Crippen LogP contribution in [0.5, 0.6) is 0 Å². The molecule has 0 saturated heterocycles. The SMILES string of the molecule is CCCCCCC(C)(C)C.[Nd]. The Bertz CT molecular complexity index is 71.4. The van der Waals surface area contributed by atoms with Gasteiger partial charge >= 0.3 is 0 Å². The third-order valence-corrected chi connectivity index (χ3v) is 1.78. The summed E-state index contributed by atoms with van der Waals surface area (Å²) in [4.78, 5) is 0. The summed E-state index contributed by atoms with van der Waals surface area (Å²) in [6, 6.07) is 0. The molecule has 0 amide bonds. The maximum atomic E-state index is 2.32. The minimum Gasteiger partial charge on any atom is -0.0654 e. The van der Waals surface area contributed by atoms with Gasteiger partial charge in [0.25, 0.3) is 0 Å². The van der Waals surface area contributed by atoms with Crippen molar-refractivity contribution in [2.45, 2.75) is 59.8 Å². The molecule has 66 valence electrons. The fraction of sp³-hybridized carbons (Fsp3) is 1.00. The van der Waals surface area contributed by atoms with Crippen molar-refractivity contribution in [3.8, 4) is 0 Å². The summed E-state index contributed by atoms with van der Waals surface area (Å²) in [7, 11) is 0. The van der Waals surface area contributed by atoms with Crippen molar-refractivity contribution in [1.29, 1.82) is 0 Å². The van der Waals surface area contributed by atoms with Gasteiger partial charge in [-0.05, 0) is 11.8 Å². The van der Waals surface area contributed by atoms with E-state index in [0.717, 1.165) is 0 Å². The molecule has 0 unspecified atom stereocenters. The summed E-state index contributed by atoms with van der Waals surface area (Å²) in [6.45, 7) is 9.22. The van der Waals surface area contributed by atoms with Crippen LogP contribution in [0.2, 0.25) is 0 Å². The molecule has 0 bridgehead atoms. The first kappa shape index (κ1) is 14.9. The molecule has 11 heavy (non-hydrogen) atoms. The van der Waals surface area contributed by atoms with Crippen LogP contribution in [0.1, 0.15) is 59.8 Å². The van der Waals surface area contributed by atoms with E-state index < -0.39 is 0 Å². The van der Waals surface area contributed by atoms with Crippen molar-refractivity contribution in [1.82, 2.24) is 0 Å². The average Bonchev–Trinajstić information content (AvgIpc) is 1.78. The first-order valence-electron chi connectivity index (χ1n) is 4.56. The third-order valence-electron chi connectivity index (χ3n) is 1.78. The van der Waals surface area contributed by atoms with E-state index in [0.29, 0.717) is 5.41 Å². The third kappa shape index (κ3) is 14.2. The number of hydrogen-bond acceptors (Lipinski definition) is 0. The molecular formula is C10H22Nd. The molecule has 0 atom stereocenters. The van der Waals surface area contributed by atoms with Gasteiger partial charge in [-0.3, -0.25) is 0 Å². The van der Waals surface area contributed by atoms with Crippen LogP contribution >= 0.6 is 0 Å². The molecule has 0 aliphatic carbocycles. The van der Waals surface area contributed by atoms with Gasteiger partial charge in [-0.25, -0.2) is 0 Å². The van der Waals surface area contributed by atoms with Crippen molar-refractivity contribution >= 4 is 0 Å². The van der Waals surface area contributed by atoms with Crippen LogP contribution in [0.25, 0.3) is 0 Å².